The van der Waals surface area contributed by atoms with Crippen LogP contribution in [-0.2, 0) is 4.79 Å². The number of nitrogens with one attached hydrogen (secondary N) is 2. The molecule has 0 spiro atoms. The van der Waals surface area contributed by atoms with Gasteiger partial charge in [0.1, 0.15) is 4.83 Å². The third-order valence-corrected chi connectivity index (χ3v) is 7.24. The maximum atomic E-state index is 12.9. The lowest BCUT2D eigenvalue weighted by atomic mass is 9.85. The third-order valence-electron chi connectivity index (χ3n) is 6.13. The summed E-state index contributed by atoms with van der Waals surface area (Å²) in [6.07, 6.45) is 5.64. The van der Waals surface area contributed by atoms with E-state index in [0.717, 1.165) is 60.1 Å². The molecule has 0 bridgehead atoms. The Labute approximate surface area is 179 Å². The van der Waals surface area contributed by atoms with Crippen LogP contribution < -0.4 is 10.6 Å². The van der Waals surface area contributed by atoms with Gasteiger partial charge in [0.2, 0.25) is 5.91 Å². The monoisotopic (exact) mass is 422 g/mol. The predicted octanol–water partition coefficient (Wildman–Crippen LogP) is 3.96. The van der Waals surface area contributed by atoms with Crippen LogP contribution in [0.1, 0.15) is 53.9 Å². The van der Waals surface area contributed by atoms with Crippen LogP contribution in [0.3, 0.4) is 0 Å². The van der Waals surface area contributed by atoms with E-state index in [9.17, 15) is 9.59 Å². The summed E-state index contributed by atoms with van der Waals surface area (Å²) in [5, 5.41) is 12.0. The van der Waals surface area contributed by atoms with E-state index < -0.39 is 0 Å². The first-order valence-corrected chi connectivity index (χ1v) is 11.6. The SMILES string of the molecule is Cc1nn(-c2ccccc2)c2sc(C(=O)NC3CCC(C(=O)NC4CC4)CC3)cc12. The number of rotatable bonds is 5. The molecule has 2 saturated carbocycles. The first kappa shape index (κ1) is 19.3. The van der Waals surface area contributed by atoms with E-state index in [2.05, 4.69) is 15.7 Å². The molecule has 0 atom stereocenters. The van der Waals surface area contributed by atoms with Crippen molar-refractivity contribution in [2.45, 2.75) is 57.5 Å². The summed E-state index contributed by atoms with van der Waals surface area (Å²) >= 11 is 1.48. The summed E-state index contributed by atoms with van der Waals surface area (Å²) in [4.78, 5) is 26.8. The molecular formula is C23H26N4O2S. The van der Waals surface area contributed by atoms with Crippen molar-refractivity contribution >= 4 is 33.4 Å². The van der Waals surface area contributed by atoms with Gasteiger partial charge in [-0.3, -0.25) is 9.59 Å². The first-order chi connectivity index (χ1) is 14.6. The minimum absolute atomic E-state index is 0.0268. The van der Waals surface area contributed by atoms with Gasteiger partial charge in [0.15, 0.2) is 0 Å². The van der Waals surface area contributed by atoms with Crippen molar-refractivity contribution in [3.63, 3.8) is 0 Å². The number of hydrogen-bond donors (Lipinski definition) is 2. The van der Waals surface area contributed by atoms with E-state index in [4.69, 9.17) is 0 Å². The normalized spacial score (nSPS) is 21.5. The highest BCUT2D eigenvalue weighted by atomic mass is 32.1. The quantitative estimate of drug-likeness (QED) is 0.653. The Kier molecular flexibility index (Phi) is 5.06. The van der Waals surface area contributed by atoms with Gasteiger partial charge in [0.05, 0.1) is 16.3 Å². The number of aryl methyl sites for hydroxylation is 1. The van der Waals surface area contributed by atoms with E-state index in [1.165, 1.54) is 11.3 Å². The number of para-hydroxylation sites is 1. The number of nitrogens with zero attached hydrogens (tertiary/aromatic N) is 2. The zero-order chi connectivity index (χ0) is 20.7. The van der Waals surface area contributed by atoms with E-state index in [0.29, 0.717) is 10.9 Å². The molecule has 7 heteroatoms. The standard InChI is InChI=1S/C23H26N4O2S/c1-14-19-13-20(30-23(19)27(26-14)18-5-3-2-4-6-18)22(29)25-16-9-7-15(8-10-16)21(28)24-17-11-12-17/h2-6,13,15-17H,7-12H2,1H3,(H,24,28)(H,25,29). The number of carbonyl (C=O) groups excluding carboxylic acids is 2. The highest BCUT2D eigenvalue weighted by Crippen LogP contribution is 2.31. The van der Waals surface area contributed by atoms with Crippen LogP contribution in [0.4, 0.5) is 0 Å². The van der Waals surface area contributed by atoms with Crippen molar-refractivity contribution in [2.75, 3.05) is 0 Å². The molecule has 0 aliphatic heterocycles. The second kappa shape index (κ2) is 7.87. The number of amides is 2. The number of benzene rings is 1. The summed E-state index contributed by atoms with van der Waals surface area (Å²) < 4.78 is 1.91. The van der Waals surface area contributed by atoms with Gasteiger partial charge in [-0.2, -0.15) is 5.10 Å². The zero-order valence-electron chi connectivity index (χ0n) is 17.1. The molecule has 2 heterocycles. The van der Waals surface area contributed by atoms with Crippen molar-refractivity contribution in [3.05, 3.63) is 47.0 Å². The Bertz CT molecular complexity index is 1080. The summed E-state index contributed by atoms with van der Waals surface area (Å²) in [7, 11) is 0. The van der Waals surface area contributed by atoms with Crippen molar-refractivity contribution in [1.29, 1.82) is 0 Å². The topological polar surface area (TPSA) is 76.0 Å². The van der Waals surface area contributed by atoms with Crippen molar-refractivity contribution < 1.29 is 9.59 Å². The van der Waals surface area contributed by atoms with E-state index in [-0.39, 0.29) is 23.8 Å². The van der Waals surface area contributed by atoms with E-state index in [1.54, 1.807) is 0 Å². The first-order valence-electron chi connectivity index (χ1n) is 10.7. The Morgan fingerprint density at radius 1 is 1.00 bits per heavy atom. The van der Waals surface area contributed by atoms with Crippen LogP contribution in [0.5, 0.6) is 0 Å². The summed E-state index contributed by atoms with van der Waals surface area (Å²) in [5.74, 6) is 0.274. The highest BCUT2D eigenvalue weighted by Gasteiger charge is 2.31. The van der Waals surface area contributed by atoms with Gasteiger partial charge in [-0.1, -0.05) is 18.2 Å². The molecule has 5 rings (SSSR count). The van der Waals surface area contributed by atoms with Crippen LogP contribution in [0.2, 0.25) is 0 Å². The van der Waals surface area contributed by atoms with Crippen LogP contribution in [0.15, 0.2) is 36.4 Å². The minimum atomic E-state index is -0.0268. The Balaban J connectivity index is 1.25. The molecule has 3 aromatic rings. The molecular weight excluding hydrogens is 396 g/mol. The van der Waals surface area contributed by atoms with Gasteiger partial charge in [-0.05, 0) is 63.6 Å². The molecule has 1 aromatic carbocycles. The summed E-state index contributed by atoms with van der Waals surface area (Å²) in [6.45, 7) is 1.98. The maximum absolute atomic E-state index is 12.9. The Hall–Kier alpha value is -2.67. The lowest BCUT2D eigenvalue weighted by Crippen LogP contribution is -2.41. The Morgan fingerprint density at radius 2 is 1.67 bits per heavy atom. The number of carbonyl (C=O) groups is 2. The molecule has 2 amide bonds. The van der Waals surface area contributed by atoms with Crippen molar-refractivity contribution in [3.8, 4) is 5.69 Å². The smallest absolute Gasteiger partial charge is 0.261 e. The van der Waals surface area contributed by atoms with Crippen LogP contribution in [0.25, 0.3) is 15.9 Å². The molecule has 2 aromatic heterocycles. The average molecular weight is 423 g/mol. The van der Waals surface area contributed by atoms with Gasteiger partial charge in [-0.15, -0.1) is 11.3 Å². The van der Waals surface area contributed by atoms with Gasteiger partial charge in [0, 0.05) is 23.4 Å². The van der Waals surface area contributed by atoms with Gasteiger partial charge in [0.25, 0.3) is 5.91 Å². The van der Waals surface area contributed by atoms with Crippen molar-refractivity contribution in [2.24, 2.45) is 5.92 Å². The molecule has 0 unspecified atom stereocenters. The van der Waals surface area contributed by atoms with E-state index in [1.807, 2.05) is 48.0 Å². The summed E-state index contributed by atoms with van der Waals surface area (Å²) in [6, 6.07) is 12.5. The minimum Gasteiger partial charge on any atom is -0.353 e. The predicted molar refractivity (Wildman–Crippen MR) is 118 cm³/mol. The lowest BCUT2D eigenvalue weighted by Gasteiger charge is -2.28. The molecule has 2 aliphatic carbocycles. The van der Waals surface area contributed by atoms with Crippen LogP contribution in [0, 0.1) is 12.8 Å². The highest BCUT2D eigenvalue weighted by molar-refractivity contribution is 7.20. The molecule has 2 aliphatic rings. The van der Waals surface area contributed by atoms with E-state index >= 15 is 0 Å². The number of hydrogen-bond acceptors (Lipinski definition) is 4. The maximum Gasteiger partial charge on any atom is 0.261 e. The average Bonchev–Trinajstić information content (AvgIpc) is 3.37. The van der Waals surface area contributed by atoms with Gasteiger partial charge in [-0.25, -0.2) is 4.68 Å². The lowest BCUT2D eigenvalue weighted by molar-refractivity contribution is -0.126. The largest absolute Gasteiger partial charge is 0.353 e. The van der Waals surface area contributed by atoms with Gasteiger partial charge < -0.3 is 10.6 Å². The third kappa shape index (κ3) is 3.86. The molecule has 30 heavy (non-hydrogen) atoms. The molecule has 2 N–H and O–H groups in total. The van der Waals surface area contributed by atoms with Gasteiger partial charge >= 0.3 is 0 Å². The summed E-state index contributed by atoms with van der Waals surface area (Å²) in [5.41, 5.74) is 1.92. The van der Waals surface area contributed by atoms with Crippen molar-refractivity contribution in [1.82, 2.24) is 20.4 Å². The number of fused-ring (bicyclic) bond motifs is 1. The second-order valence-electron chi connectivity index (χ2n) is 8.47. The fourth-order valence-electron chi connectivity index (χ4n) is 4.21. The zero-order valence-corrected chi connectivity index (χ0v) is 17.9. The molecule has 6 nitrogen and oxygen atoms in total. The van der Waals surface area contributed by atoms with Crippen LogP contribution >= 0.6 is 11.3 Å². The number of thiophene rings is 1. The fourth-order valence-corrected chi connectivity index (χ4v) is 5.29. The molecule has 0 radical (unpaired) electrons. The molecule has 0 saturated heterocycles. The Morgan fingerprint density at radius 3 is 2.37 bits per heavy atom. The molecule has 2 fully saturated rings. The molecule has 156 valence electrons. The van der Waals surface area contributed by atoms with Crippen LogP contribution in [-0.4, -0.2) is 33.7 Å². The number of aromatic nitrogens is 2. The fraction of sp³-hybridized carbons (Fsp3) is 0.435. The second-order valence-corrected chi connectivity index (χ2v) is 9.50.